The third-order valence-corrected chi connectivity index (χ3v) is 1.67. The van der Waals surface area contributed by atoms with Crippen LogP contribution in [0.3, 0.4) is 0 Å². The van der Waals surface area contributed by atoms with E-state index in [0.717, 1.165) is 0 Å². The van der Waals surface area contributed by atoms with Crippen molar-refractivity contribution >= 4 is 11.6 Å². The lowest BCUT2D eigenvalue weighted by Gasteiger charge is -2.25. The molecule has 14 heavy (non-hydrogen) atoms. The average Bonchev–Trinajstić information content (AvgIpc) is 2.09. The molecule has 0 aliphatic rings. The Kier molecular flexibility index (Phi) is 5.79. The van der Waals surface area contributed by atoms with Gasteiger partial charge < -0.3 is 10.0 Å². The van der Waals surface area contributed by atoms with Crippen LogP contribution in [-0.2, 0) is 4.79 Å². The maximum Gasteiger partial charge on any atom is 0.149 e. The highest BCUT2D eigenvalue weighted by atomic mass is 16.3. The summed E-state index contributed by atoms with van der Waals surface area (Å²) in [5, 5.41) is 9.40. The van der Waals surface area contributed by atoms with E-state index >= 15 is 0 Å². The summed E-state index contributed by atoms with van der Waals surface area (Å²) in [6.07, 6.45) is 2.72. The molecule has 0 radical (unpaired) electrons. The van der Waals surface area contributed by atoms with Crippen LogP contribution in [0.5, 0.6) is 0 Å². The molecule has 0 aliphatic heterocycles. The van der Waals surface area contributed by atoms with Gasteiger partial charge in [0.1, 0.15) is 17.8 Å². The second kappa shape index (κ2) is 6.32. The zero-order chi connectivity index (χ0) is 11.1. The first kappa shape index (κ1) is 12.8. The van der Waals surface area contributed by atoms with Gasteiger partial charge in [0.05, 0.1) is 6.54 Å². The van der Waals surface area contributed by atoms with Gasteiger partial charge >= 0.3 is 0 Å². The number of carbonyl (C=O) groups is 1. The highest BCUT2D eigenvalue weighted by Crippen LogP contribution is 1.99. The van der Waals surface area contributed by atoms with E-state index in [0.29, 0.717) is 5.84 Å². The monoisotopic (exact) mass is 198 g/mol. The summed E-state index contributed by atoms with van der Waals surface area (Å²) in [5.41, 5.74) is 0. The Bertz CT molecular complexity index is 245. The number of rotatable bonds is 4. The summed E-state index contributed by atoms with van der Waals surface area (Å²) < 4.78 is 0. The van der Waals surface area contributed by atoms with Crippen LogP contribution < -0.4 is 0 Å². The molecule has 0 aliphatic carbocycles. The summed E-state index contributed by atoms with van der Waals surface area (Å²) in [4.78, 5) is 16.5. The molecule has 4 heteroatoms. The molecular weight excluding hydrogens is 180 g/mol. The number of ketones is 1. The lowest BCUT2D eigenvalue weighted by atomic mass is 10.3. The molecule has 0 aromatic heterocycles. The molecule has 0 amide bonds. The Hall–Kier alpha value is -1.16. The first-order valence-corrected chi connectivity index (χ1v) is 4.58. The van der Waals surface area contributed by atoms with Crippen molar-refractivity contribution in [3.8, 4) is 0 Å². The maximum absolute atomic E-state index is 10.9. The molecule has 4 nitrogen and oxygen atoms in total. The molecule has 0 heterocycles. The fraction of sp³-hybridized carbons (Fsp3) is 0.600. The maximum atomic E-state index is 10.9. The summed E-state index contributed by atoms with van der Waals surface area (Å²) in [6, 6.07) is 0. The second-order valence-corrected chi connectivity index (χ2v) is 3.12. The molecular formula is C10H18N2O2. The highest BCUT2D eigenvalue weighted by Gasteiger charge is 2.13. The van der Waals surface area contributed by atoms with E-state index in [-0.39, 0.29) is 12.3 Å². The highest BCUT2D eigenvalue weighted by molar-refractivity contribution is 5.86. The van der Waals surface area contributed by atoms with Crippen molar-refractivity contribution in [3.05, 3.63) is 12.3 Å². The molecule has 0 spiro atoms. The molecule has 1 unspecified atom stereocenters. The van der Waals surface area contributed by atoms with Gasteiger partial charge in [-0.15, -0.1) is 0 Å². The molecule has 0 saturated carbocycles. The molecule has 1 atom stereocenters. The van der Waals surface area contributed by atoms with E-state index in [4.69, 9.17) is 0 Å². The summed E-state index contributed by atoms with van der Waals surface area (Å²) in [5.74, 6) is 0.634. The summed E-state index contributed by atoms with van der Waals surface area (Å²) >= 11 is 0. The van der Waals surface area contributed by atoms with Crippen LogP contribution >= 0.6 is 0 Å². The van der Waals surface area contributed by atoms with Crippen LogP contribution in [0.15, 0.2) is 17.3 Å². The van der Waals surface area contributed by atoms with Gasteiger partial charge in [-0.3, -0.25) is 4.79 Å². The fourth-order valence-electron chi connectivity index (χ4n) is 1.01. The Labute approximate surface area is 84.9 Å². The van der Waals surface area contributed by atoms with Gasteiger partial charge in [0.2, 0.25) is 0 Å². The molecule has 80 valence electrons. The Morgan fingerprint density at radius 1 is 1.57 bits per heavy atom. The van der Waals surface area contributed by atoms with Crippen LogP contribution in [-0.4, -0.2) is 34.4 Å². The number of nitrogens with zero attached hydrogens (tertiary/aromatic N) is 2. The zero-order valence-electron chi connectivity index (χ0n) is 9.19. The minimum absolute atomic E-state index is 0.000859. The van der Waals surface area contributed by atoms with Crippen LogP contribution in [0.1, 0.15) is 27.7 Å². The molecule has 0 saturated heterocycles. The number of aliphatic imine (C=N–C) groups is 1. The number of aliphatic hydroxyl groups excluding tert-OH is 1. The van der Waals surface area contributed by atoms with Crippen molar-refractivity contribution in [2.24, 2.45) is 4.99 Å². The number of aliphatic hydroxyl groups is 1. The first-order valence-electron chi connectivity index (χ1n) is 4.58. The number of hydrogen-bond donors (Lipinski definition) is 1. The molecule has 1 N–H and O–H groups in total. The minimum atomic E-state index is -0.701. The van der Waals surface area contributed by atoms with Gasteiger partial charge in [-0.05, 0) is 27.7 Å². The zero-order valence-corrected chi connectivity index (χ0v) is 9.19. The molecule has 0 aromatic carbocycles. The fourth-order valence-corrected chi connectivity index (χ4v) is 1.01. The van der Waals surface area contributed by atoms with Gasteiger partial charge in [0.25, 0.3) is 0 Å². The molecule has 0 bridgehead atoms. The lowest BCUT2D eigenvalue weighted by molar-refractivity contribution is -0.118. The van der Waals surface area contributed by atoms with Crippen molar-refractivity contribution in [1.29, 1.82) is 0 Å². The van der Waals surface area contributed by atoms with Crippen molar-refractivity contribution in [3.63, 3.8) is 0 Å². The number of hydrogen-bond acceptors (Lipinski definition) is 3. The standard InChI is InChI=1S/C10H18N2O2/c1-5-6-11-9(3)12(10(4)14)7-8(2)13/h5-6,10,14H,7H2,1-4H3/b6-5-,11-9-. The van der Waals surface area contributed by atoms with E-state index < -0.39 is 6.23 Å². The third-order valence-electron chi connectivity index (χ3n) is 1.67. The molecule has 0 aromatic rings. The number of carbonyl (C=O) groups excluding carboxylic acids is 1. The van der Waals surface area contributed by atoms with E-state index in [1.54, 1.807) is 31.0 Å². The average molecular weight is 198 g/mol. The van der Waals surface area contributed by atoms with E-state index in [1.165, 1.54) is 6.92 Å². The van der Waals surface area contributed by atoms with Gasteiger partial charge in [0, 0.05) is 6.20 Å². The van der Waals surface area contributed by atoms with Gasteiger partial charge in [0.15, 0.2) is 0 Å². The number of allylic oxidation sites excluding steroid dienone is 1. The molecule has 0 fully saturated rings. The first-order chi connectivity index (χ1) is 6.49. The SMILES string of the molecule is C/C=C\N=C(\C)N(CC(C)=O)C(C)O. The van der Waals surface area contributed by atoms with Crippen molar-refractivity contribution in [2.45, 2.75) is 33.9 Å². The Morgan fingerprint density at radius 2 is 2.14 bits per heavy atom. The summed E-state index contributed by atoms with van der Waals surface area (Å²) in [6.45, 7) is 6.89. The number of amidine groups is 1. The largest absolute Gasteiger partial charge is 0.374 e. The van der Waals surface area contributed by atoms with Crippen LogP contribution in [0.2, 0.25) is 0 Å². The van der Waals surface area contributed by atoms with Gasteiger partial charge in [-0.2, -0.15) is 0 Å². The second-order valence-electron chi connectivity index (χ2n) is 3.12. The van der Waals surface area contributed by atoms with Crippen molar-refractivity contribution in [2.75, 3.05) is 6.54 Å². The Balaban J connectivity index is 4.56. The smallest absolute Gasteiger partial charge is 0.149 e. The van der Waals surface area contributed by atoms with E-state index in [9.17, 15) is 9.90 Å². The van der Waals surface area contributed by atoms with Crippen molar-refractivity contribution in [1.82, 2.24) is 4.90 Å². The van der Waals surface area contributed by atoms with E-state index in [2.05, 4.69) is 4.99 Å². The third kappa shape index (κ3) is 4.77. The van der Waals surface area contributed by atoms with Crippen LogP contribution in [0.25, 0.3) is 0 Å². The van der Waals surface area contributed by atoms with Gasteiger partial charge in [-0.25, -0.2) is 4.99 Å². The van der Waals surface area contributed by atoms with Crippen LogP contribution in [0, 0.1) is 0 Å². The molecule has 0 rings (SSSR count). The number of Topliss-reactive ketones (excluding diaryl/α,β-unsaturated/α-hetero) is 1. The Morgan fingerprint density at radius 3 is 2.50 bits per heavy atom. The van der Waals surface area contributed by atoms with Crippen molar-refractivity contribution < 1.29 is 9.90 Å². The topological polar surface area (TPSA) is 52.9 Å². The minimum Gasteiger partial charge on any atom is -0.374 e. The van der Waals surface area contributed by atoms with Gasteiger partial charge in [-0.1, -0.05) is 6.08 Å². The van der Waals surface area contributed by atoms with E-state index in [1.807, 2.05) is 6.92 Å². The lowest BCUT2D eigenvalue weighted by Crippen LogP contribution is -2.40. The predicted octanol–water partition coefficient (Wildman–Crippen LogP) is 1.17. The summed E-state index contributed by atoms with van der Waals surface area (Å²) in [7, 11) is 0. The van der Waals surface area contributed by atoms with Crippen LogP contribution in [0.4, 0.5) is 0 Å². The quantitative estimate of drug-likeness (QED) is 0.419. The normalized spacial score (nSPS) is 14.5. The predicted molar refractivity (Wildman–Crippen MR) is 57.0 cm³/mol.